The Morgan fingerprint density at radius 1 is 1.33 bits per heavy atom. The second-order valence-corrected chi connectivity index (χ2v) is 4.54. The van der Waals surface area contributed by atoms with Crippen LogP contribution in [0.2, 0.25) is 0 Å². The van der Waals surface area contributed by atoms with Crippen LogP contribution in [-0.4, -0.2) is 13.0 Å². The molecular formula is C6H4IO3RbS. The van der Waals surface area contributed by atoms with Gasteiger partial charge in [0.2, 0.25) is 0 Å². The topological polar surface area (TPSA) is 57.2 Å². The third-order valence-corrected chi connectivity index (χ3v) is 2.59. The Morgan fingerprint density at radius 3 is 2.25 bits per heavy atom. The van der Waals surface area contributed by atoms with Crippen LogP contribution in [0.15, 0.2) is 29.2 Å². The summed E-state index contributed by atoms with van der Waals surface area (Å²) in [4.78, 5) is -0.176. The number of halogens is 1. The molecule has 60 valence electrons. The first-order chi connectivity index (χ1) is 5.00. The van der Waals surface area contributed by atoms with Crippen LogP contribution >= 0.6 is 22.6 Å². The van der Waals surface area contributed by atoms with E-state index in [0.717, 1.165) is 3.57 Å². The number of rotatable bonds is 1. The summed E-state index contributed by atoms with van der Waals surface area (Å²) >= 11 is 1.94. The van der Waals surface area contributed by atoms with E-state index in [1.165, 1.54) is 18.2 Å². The summed E-state index contributed by atoms with van der Waals surface area (Å²) < 4.78 is 32.0. The number of hydrogen-bond donors (Lipinski definition) is 0. The molecule has 0 aromatic heterocycles. The van der Waals surface area contributed by atoms with Gasteiger partial charge in [0.1, 0.15) is 10.1 Å². The van der Waals surface area contributed by atoms with Gasteiger partial charge in [0.05, 0.1) is 4.90 Å². The normalized spacial score (nSPS) is 10.5. The fourth-order valence-electron chi connectivity index (χ4n) is 0.623. The van der Waals surface area contributed by atoms with Gasteiger partial charge in [-0.25, -0.2) is 8.42 Å². The summed E-state index contributed by atoms with van der Waals surface area (Å²) in [7, 11) is -4.28. The summed E-state index contributed by atoms with van der Waals surface area (Å²) in [5, 5.41) is 0. The van der Waals surface area contributed by atoms with Crippen molar-refractivity contribution in [3.8, 4) is 0 Å². The first-order valence-electron chi connectivity index (χ1n) is 2.71. The molecular weight excluding hydrogens is 365 g/mol. The molecule has 0 aliphatic rings. The van der Waals surface area contributed by atoms with Crippen molar-refractivity contribution in [1.29, 1.82) is 0 Å². The smallest absolute Gasteiger partial charge is 0.744 e. The van der Waals surface area contributed by atoms with Crippen LogP contribution in [0.25, 0.3) is 0 Å². The number of benzene rings is 1. The monoisotopic (exact) mass is 368 g/mol. The molecule has 0 fully saturated rings. The Kier molecular flexibility index (Phi) is 6.29. The van der Waals surface area contributed by atoms with Crippen LogP contribution in [0.4, 0.5) is 0 Å². The molecule has 1 aromatic rings. The van der Waals surface area contributed by atoms with Gasteiger partial charge in [-0.2, -0.15) is 0 Å². The van der Waals surface area contributed by atoms with E-state index in [1.807, 2.05) is 22.6 Å². The fourth-order valence-corrected chi connectivity index (χ4v) is 1.89. The Bertz CT molecular complexity index is 363. The van der Waals surface area contributed by atoms with E-state index in [0.29, 0.717) is 0 Å². The van der Waals surface area contributed by atoms with Crippen molar-refractivity contribution in [1.82, 2.24) is 0 Å². The van der Waals surface area contributed by atoms with E-state index >= 15 is 0 Å². The SMILES string of the molecule is O=S(=O)([O-])c1cccc(I)c1.[Rb+]. The van der Waals surface area contributed by atoms with Crippen molar-refractivity contribution in [2.24, 2.45) is 0 Å². The molecule has 0 heterocycles. The number of hydrogen-bond acceptors (Lipinski definition) is 3. The first kappa shape index (κ1) is 13.7. The van der Waals surface area contributed by atoms with Crippen molar-refractivity contribution in [3.63, 3.8) is 0 Å². The van der Waals surface area contributed by atoms with Crippen molar-refractivity contribution in [2.45, 2.75) is 4.90 Å². The molecule has 0 saturated heterocycles. The van der Waals surface area contributed by atoms with Crippen LogP contribution in [-0.2, 0) is 10.1 Å². The minimum atomic E-state index is -4.28. The summed E-state index contributed by atoms with van der Waals surface area (Å²) in [5.74, 6) is 0. The molecule has 0 bridgehead atoms. The second-order valence-electron chi connectivity index (χ2n) is 1.91. The average molecular weight is 369 g/mol. The largest absolute Gasteiger partial charge is 1.00 e. The maximum atomic E-state index is 10.4. The van der Waals surface area contributed by atoms with Crippen LogP contribution in [0.1, 0.15) is 0 Å². The summed E-state index contributed by atoms with van der Waals surface area (Å²) in [5.41, 5.74) is 0. The predicted octanol–water partition coefficient (Wildman–Crippen LogP) is -1.80. The van der Waals surface area contributed by atoms with E-state index < -0.39 is 10.1 Å². The summed E-state index contributed by atoms with van der Waals surface area (Å²) in [6.07, 6.45) is 0. The minimum Gasteiger partial charge on any atom is -0.744 e. The van der Waals surface area contributed by atoms with E-state index in [9.17, 15) is 13.0 Å². The Hall–Kier alpha value is 1.67. The summed E-state index contributed by atoms with van der Waals surface area (Å²) in [6, 6.07) is 5.87. The third kappa shape index (κ3) is 4.25. The zero-order valence-corrected chi connectivity index (χ0v) is 14.2. The molecule has 0 radical (unpaired) electrons. The molecule has 6 heteroatoms. The van der Waals surface area contributed by atoms with Gasteiger partial charge in [0, 0.05) is 3.57 Å². The van der Waals surface area contributed by atoms with Gasteiger partial charge in [0.15, 0.2) is 0 Å². The molecule has 1 rings (SSSR count). The Labute approximate surface area is 134 Å². The van der Waals surface area contributed by atoms with Gasteiger partial charge in [-0.3, -0.25) is 0 Å². The van der Waals surface area contributed by atoms with Crippen molar-refractivity contribution in [2.75, 3.05) is 0 Å². The van der Waals surface area contributed by atoms with Gasteiger partial charge in [-0.05, 0) is 40.8 Å². The minimum absolute atomic E-state index is 0. The van der Waals surface area contributed by atoms with Gasteiger partial charge in [0.25, 0.3) is 0 Å². The van der Waals surface area contributed by atoms with Crippen LogP contribution in [0.3, 0.4) is 0 Å². The molecule has 12 heavy (non-hydrogen) atoms. The van der Waals surface area contributed by atoms with E-state index in [-0.39, 0.29) is 63.1 Å². The van der Waals surface area contributed by atoms with Gasteiger partial charge in [-0.15, -0.1) is 0 Å². The Morgan fingerprint density at radius 2 is 1.92 bits per heavy atom. The predicted molar refractivity (Wildman–Crippen MR) is 47.1 cm³/mol. The second kappa shape index (κ2) is 5.52. The zero-order valence-electron chi connectivity index (χ0n) is 6.32. The molecule has 3 nitrogen and oxygen atoms in total. The molecule has 0 spiro atoms. The van der Waals surface area contributed by atoms with E-state index in [1.54, 1.807) is 6.07 Å². The molecule has 0 saturated carbocycles. The maximum Gasteiger partial charge on any atom is 1.00 e. The van der Waals surface area contributed by atoms with Gasteiger partial charge >= 0.3 is 58.2 Å². The molecule has 0 aliphatic carbocycles. The maximum absolute atomic E-state index is 10.4. The Balaban J connectivity index is 0.00000121. The van der Waals surface area contributed by atoms with Crippen LogP contribution in [0, 0.1) is 3.57 Å². The quantitative estimate of drug-likeness (QED) is 0.434. The molecule has 1 aromatic carbocycles. The molecule has 0 atom stereocenters. The van der Waals surface area contributed by atoms with Crippen LogP contribution in [0.5, 0.6) is 0 Å². The van der Waals surface area contributed by atoms with Gasteiger partial charge in [-0.1, -0.05) is 6.07 Å². The van der Waals surface area contributed by atoms with E-state index in [2.05, 4.69) is 0 Å². The molecule has 0 amide bonds. The van der Waals surface area contributed by atoms with Crippen molar-refractivity contribution in [3.05, 3.63) is 27.8 Å². The first-order valence-corrected chi connectivity index (χ1v) is 5.20. The van der Waals surface area contributed by atoms with E-state index in [4.69, 9.17) is 0 Å². The summed E-state index contributed by atoms with van der Waals surface area (Å²) in [6.45, 7) is 0. The standard InChI is InChI=1S/C6H5IO3S.Rb/c7-5-2-1-3-6(4-5)11(8,9)10;/h1-4H,(H,8,9,10);/q;+1/p-1. The fraction of sp³-hybridized carbons (Fsp3) is 0. The van der Waals surface area contributed by atoms with Gasteiger partial charge < -0.3 is 4.55 Å². The van der Waals surface area contributed by atoms with Crippen molar-refractivity contribution >= 4 is 32.7 Å². The average Bonchev–Trinajstić information content (AvgIpc) is 1.86. The third-order valence-electron chi connectivity index (χ3n) is 1.08. The van der Waals surface area contributed by atoms with Crippen LogP contribution < -0.4 is 58.2 Å². The molecule has 0 N–H and O–H groups in total. The van der Waals surface area contributed by atoms with Crippen molar-refractivity contribution < 1.29 is 71.2 Å². The zero-order chi connectivity index (χ0) is 8.48. The molecule has 0 unspecified atom stereocenters. The molecule has 0 aliphatic heterocycles.